The highest BCUT2D eigenvalue weighted by atomic mass is 35.5. The number of nitrogens with zero attached hydrogens (tertiary/aromatic N) is 1. The molecule has 1 atom stereocenters. The standard InChI is InChI=1S/C19H15ClN2O3/c1-2-9-25-19-8-7-13(10-17(19)20)16(12-22(23)24)15-11-21-18-6-4-3-5-14(15)18/h1,3-8,10-11,16,21H,9,12H2/t16-/m0/s1. The Hall–Kier alpha value is -2.97. The van der Waals surface area contributed by atoms with Gasteiger partial charge in [0.25, 0.3) is 0 Å². The number of benzene rings is 2. The molecule has 0 saturated carbocycles. The van der Waals surface area contributed by atoms with Crippen molar-refractivity contribution in [1.82, 2.24) is 4.98 Å². The number of H-pyrrole nitrogens is 1. The summed E-state index contributed by atoms with van der Waals surface area (Å²) in [6, 6.07) is 12.9. The Morgan fingerprint density at radius 1 is 1.32 bits per heavy atom. The van der Waals surface area contributed by atoms with Gasteiger partial charge in [-0.3, -0.25) is 10.1 Å². The highest BCUT2D eigenvalue weighted by Crippen LogP contribution is 2.34. The van der Waals surface area contributed by atoms with Gasteiger partial charge in [0.15, 0.2) is 0 Å². The van der Waals surface area contributed by atoms with Gasteiger partial charge < -0.3 is 9.72 Å². The second-order valence-electron chi connectivity index (χ2n) is 5.54. The SMILES string of the molecule is C#CCOc1ccc([C@H](C[N+](=O)[O-])c2c[nH]c3ccccc23)cc1Cl. The largest absolute Gasteiger partial charge is 0.479 e. The number of halogens is 1. The predicted molar refractivity (Wildman–Crippen MR) is 97.8 cm³/mol. The fourth-order valence-corrected chi connectivity index (χ4v) is 3.13. The van der Waals surface area contributed by atoms with Crippen molar-refractivity contribution in [3.63, 3.8) is 0 Å². The molecule has 0 aliphatic carbocycles. The molecule has 6 heteroatoms. The van der Waals surface area contributed by atoms with Crippen molar-refractivity contribution in [3.05, 3.63) is 74.9 Å². The molecule has 0 spiro atoms. The summed E-state index contributed by atoms with van der Waals surface area (Å²) in [4.78, 5) is 14.1. The lowest BCUT2D eigenvalue weighted by Gasteiger charge is -2.15. The molecule has 3 rings (SSSR count). The van der Waals surface area contributed by atoms with E-state index < -0.39 is 5.92 Å². The number of para-hydroxylation sites is 1. The van der Waals surface area contributed by atoms with Crippen LogP contribution < -0.4 is 4.74 Å². The molecule has 0 aliphatic heterocycles. The summed E-state index contributed by atoms with van der Waals surface area (Å²) < 4.78 is 5.35. The molecule has 0 saturated heterocycles. The van der Waals surface area contributed by atoms with Crippen LogP contribution in [-0.4, -0.2) is 23.1 Å². The first kappa shape index (κ1) is 16.9. The van der Waals surface area contributed by atoms with Crippen molar-refractivity contribution in [2.45, 2.75) is 5.92 Å². The Balaban J connectivity index is 2.03. The van der Waals surface area contributed by atoms with Crippen LogP contribution in [0.15, 0.2) is 48.7 Å². The van der Waals surface area contributed by atoms with Crippen molar-refractivity contribution in [1.29, 1.82) is 0 Å². The lowest BCUT2D eigenvalue weighted by molar-refractivity contribution is -0.481. The number of ether oxygens (including phenoxy) is 1. The molecule has 0 aliphatic rings. The molecule has 5 nitrogen and oxygen atoms in total. The number of rotatable bonds is 6. The molecule has 0 amide bonds. The van der Waals surface area contributed by atoms with Gasteiger partial charge in [0.05, 0.1) is 10.9 Å². The van der Waals surface area contributed by atoms with Crippen LogP contribution in [0.5, 0.6) is 5.75 Å². The van der Waals surface area contributed by atoms with E-state index in [2.05, 4.69) is 10.9 Å². The van der Waals surface area contributed by atoms with Crippen LogP contribution in [0.1, 0.15) is 17.0 Å². The number of terminal acetylenes is 1. The normalized spacial score (nSPS) is 11.8. The number of aromatic amines is 1. The summed E-state index contributed by atoms with van der Waals surface area (Å²) in [6.45, 7) is -0.122. The monoisotopic (exact) mass is 354 g/mol. The number of aromatic nitrogens is 1. The Morgan fingerprint density at radius 3 is 2.84 bits per heavy atom. The van der Waals surface area contributed by atoms with Crippen LogP contribution in [0, 0.1) is 22.5 Å². The van der Waals surface area contributed by atoms with Crippen LogP contribution in [0.25, 0.3) is 10.9 Å². The van der Waals surface area contributed by atoms with Gasteiger partial charge in [-0.2, -0.15) is 0 Å². The second-order valence-corrected chi connectivity index (χ2v) is 5.95. The summed E-state index contributed by atoms with van der Waals surface area (Å²) in [5.74, 6) is 2.41. The first-order valence-electron chi connectivity index (χ1n) is 7.63. The lowest BCUT2D eigenvalue weighted by atomic mass is 9.91. The topological polar surface area (TPSA) is 68.2 Å². The zero-order valence-electron chi connectivity index (χ0n) is 13.2. The van der Waals surface area contributed by atoms with E-state index in [-0.39, 0.29) is 18.1 Å². The smallest absolute Gasteiger partial charge is 0.214 e. The van der Waals surface area contributed by atoms with Gasteiger partial charge in [-0.15, -0.1) is 6.42 Å². The maximum atomic E-state index is 11.2. The molecular weight excluding hydrogens is 340 g/mol. The molecule has 1 N–H and O–H groups in total. The molecule has 0 fully saturated rings. The maximum absolute atomic E-state index is 11.2. The summed E-state index contributed by atoms with van der Waals surface area (Å²) in [5, 5.41) is 12.6. The van der Waals surface area contributed by atoms with Crippen molar-refractivity contribution in [3.8, 4) is 18.1 Å². The fraction of sp³-hybridized carbons (Fsp3) is 0.158. The van der Waals surface area contributed by atoms with E-state index in [9.17, 15) is 10.1 Å². The third-order valence-electron chi connectivity index (χ3n) is 4.00. The molecular formula is C19H15ClN2O3. The van der Waals surface area contributed by atoms with Gasteiger partial charge in [-0.25, -0.2) is 0 Å². The minimum Gasteiger partial charge on any atom is -0.479 e. The number of nitrogens with one attached hydrogen (secondary N) is 1. The number of fused-ring (bicyclic) bond motifs is 1. The van der Waals surface area contributed by atoms with E-state index in [0.717, 1.165) is 22.0 Å². The average Bonchev–Trinajstić information content (AvgIpc) is 3.02. The molecule has 1 aromatic heterocycles. The molecule has 25 heavy (non-hydrogen) atoms. The molecule has 0 bridgehead atoms. The molecule has 0 unspecified atom stereocenters. The minimum atomic E-state index is -0.426. The predicted octanol–water partition coefficient (Wildman–Crippen LogP) is 4.24. The van der Waals surface area contributed by atoms with Crippen LogP contribution in [0.3, 0.4) is 0 Å². The Labute approximate surface area is 149 Å². The van der Waals surface area contributed by atoms with E-state index in [1.54, 1.807) is 18.2 Å². The van der Waals surface area contributed by atoms with E-state index in [0.29, 0.717) is 10.8 Å². The van der Waals surface area contributed by atoms with Gasteiger partial charge >= 0.3 is 0 Å². The summed E-state index contributed by atoms with van der Waals surface area (Å²) in [7, 11) is 0. The Bertz CT molecular complexity index is 959. The maximum Gasteiger partial charge on any atom is 0.214 e. The lowest BCUT2D eigenvalue weighted by Crippen LogP contribution is -2.13. The van der Waals surface area contributed by atoms with E-state index in [4.69, 9.17) is 22.8 Å². The Morgan fingerprint density at radius 2 is 2.12 bits per heavy atom. The number of nitro groups is 1. The van der Waals surface area contributed by atoms with E-state index in [1.807, 2.05) is 30.5 Å². The number of hydrogen-bond donors (Lipinski definition) is 1. The van der Waals surface area contributed by atoms with Crippen LogP contribution in [0.4, 0.5) is 0 Å². The first-order valence-corrected chi connectivity index (χ1v) is 8.01. The third kappa shape index (κ3) is 3.59. The van der Waals surface area contributed by atoms with E-state index in [1.165, 1.54) is 0 Å². The molecule has 0 radical (unpaired) electrons. The quantitative estimate of drug-likeness (QED) is 0.409. The van der Waals surface area contributed by atoms with Gasteiger partial charge in [-0.1, -0.05) is 41.8 Å². The molecule has 1 heterocycles. The summed E-state index contributed by atoms with van der Waals surface area (Å²) >= 11 is 6.25. The van der Waals surface area contributed by atoms with Crippen LogP contribution >= 0.6 is 11.6 Å². The van der Waals surface area contributed by atoms with Gasteiger partial charge in [-0.05, 0) is 29.3 Å². The molecule has 3 aromatic rings. The third-order valence-corrected chi connectivity index (χ3v) is 4.29. The van der Waals surface area contributed by atoms with Crippen LogP contribution in [-0.2, 0) is 0 Å². The summed E-state index contributed by atoms with van der Waals surface area (Å²) in [6.07, 6.45) is 6.99. The first-order chi connectivity index (χ1) is 12.1. The Kier molecular flexibility index (Phi) is 4.92. The van der Waals surface area contributed by atoms with Crippen molar-refractivity contribution in [2.75, 3.05) is 13.2 Å². The van der Waals surface area contributed by atoms with Crippen molar-refractivity contribution < 1.29 is 9.66 Å². The zero-order valence-corrected chi connectivity index (χ0v) is 14.0. The van der Waals surface area contributed by atoms with Crippen molar-refractivity contribution in [2.24, 2.45) is 0 Å². The highest BCUT2D eigenvalue weighted by molar-refractivity contribution is 6.32. The second kappa shape index (κ2) is 7.29. The summed E-state index contributed by atoms with van der Waals surface area (Å²) in [5.41, 5.74) is 2.55. The average molecular weight is 355 g/mol. The number of hydrogen-bond acceptors (Lipinski definition) is 3. The zero-order chi connectivity index (χ0) is 17.8. The molecule has 2 aromatic carbocycles. The minimum absolute atomic E-state index is 0.111. The van der Waals surface area contributed by atoms with Gasteiger partial charge in [0.2, 0.25) is 6.54 Å². The van der Waals surface area contributed by atoms with Crippen LogP contribution in [0.2, 0.25) is 5.02 Å². The van der Waals surface area contributed by atoms with E-state index >= 15 is 0 Å². The molecule has 126 valence electrons. The highest BCUT2D eigenvalue weighted by Gasteiger charge is 2.24. The van der Waals surface area contributed by atoms with Gasteiger partial charge in [0.1, 0.15) is 12.4 Å². The van der Waals surface area contributed by atoms with Gasteiger partial charge in [0, 0.05) is 22.0 Å². The fourth-order valence-electron chi connectivity index (χ4n) is 2.88. The van der Waals surface area contributed by atoms with Crippen molar-refractivity contribution >= 4 is 22.5 Å².